The second-order valence-electron chi connectivity index (χ2n) is 5.54. The van der Waals surface area contributed by atoms with Gasteiger partial charge < -0.3 is 9.40 Å². The van der Waals surface area contributed by atoms with Crippen molar-refractivity contribution in [2.45, 2.75) is 30.6 Å². The second-order valence-corrected chi connectivity index (χ2v) is 8.04. The molecule has 132 valence electrons. The Morgan fingerprint density at radius 3 is 2.60 bits per heavy atom. The van der Waals surface area contributed by atoms with Crippen molar-refractivity contribution < 1.29 is 12.8 Å². The average Bonchev–Trinajstić information content (AvgIpc) is 3.10. The molecule has 1 aromatic carbocycles. The van der Waals surface area contributed by atoms with Crippen molar-refractivity contribution in [1.29, 1.82) is 0 Å². The maximum Gasteiger partial charge on any atom is 0.264 e. The van der Waals surface area contributed by atoms with Crippen LogP contribution < -0.4 is 4.72 Å². The van der Waals surface area contributed by atoms with E-state index in [1.807, 2.05) is 18.4 Å². The van der Waals surface area contributed by atoms with Crippen LogP contribution in [0, 0.1) is 20.8 Å². The zero-order chi connectivity index (χ0) is 18.2. The van der Waals surface area contributed by atoms with Crippen LogP contribution in [0.5, 0.6) is 0 Å². The van der Waals surface area contributed by atoms with Crippen LogP contribution >= 0.6 is 11.8 Å². The Morgan fingerprint density at radius 1 is 1.20 bits per heavy atom. The summed E-state index contributed by atoms with van der Waals surface area (Å²) in [5.74, 6) is 0.682. The number of sulfonamides is 1. The number of nitrogens with zero attached hydrogens (tertiary/aromatic N) is 2. The Kier molecular flexibility index (Phi) is 4.61. The summed E-state index contributed by atoms with van der Waals surface area (Å²) in [6.07, 6.45) is 1.94. The Labute approximate surface area is 150 Å². The van der Waals surface area contributed by atoms with Crippen molar-refractivity contribution in [2.24, 2.45) is 0 Å². The molecule has 3 rings (SSSR count). The SMILES string of the molecule is CSc1cccc(NS(=O)(=O)c2c(C)[nH]c(-c3nnc(C)o3)c2C)c1. The number of thioether (sulfide) groups is 1. The highest BCUT2D eigenvalue weighted by molar-refractivity contribution is 7.98. The first-order valence-corrected chi connectivity index (χ1v) is 10.2. The fraction of sp³-hybridized carbons (Fsp3) is 0.250. The summed E-state index contributed by atoms with van der Waals surface area (Å²) in [5.41, 5.74) is 2.07. The van der Waals surface area contributed by atoms with Gasteiger partial charge in [-0.3, -0.25) is 4.72 Å². The van der Waals surface area contributed by atoms with Crippen LogP contribution in [-0.2, 0) is 10.0 Å². The van der Waals surface area contributed by atoms with Crippen molar-refractivity contribution >= 4 is 27.5 Å². The Hall–Kier alpha value is -2.26. The highest BCUT2D eigenvalue weighted by atomic mass is 32.2. The molecule has 0 aliphatic carbocycles. The highest BCUT2D eigenvalue weighted by Gasteiger charge is 2.26. The van der Waals surface area contributed by atoms with E-state index in [1.54, 1.807) is 44.7 Å². The van der Waals surface area contributed by atoms with Crippen LogP contribution in [-0.4, -0.2) is 29.9 Å². The standard InChI is InChI=1S/C16H18N4O3S2/c1-9-14(16-19-18-11(3)23-16)17-10(2)15(9)25(21,22)20-12-6-5-7-13(8-12)24-4/h5-8,17,20H,1-4H3. The summed E-state index contributed by atoms with van der Waals surface area (Å²) in [6, 6.07) is 7.25. The fourth-order valence-corrected chi connectivity index (χ4v) is 4.60. The first kappa shape index (κ1) is 17.6. The van der Waals surface area contributed by atoms with Gasteiger partial charge in [0.1, 0.15) is 10.6 Å². The van der Waals surface area contributed by atoms with E-state index in [0.29, 0.717) is 28.5 Å². The molecule has 25 heavy (non-hydrogen) atoms. The number of hydrogen-bond donors (Lipinski definition) is 2. The lowest BCUT2D eigenvalue weighted by molar-refractivity contribution is 0.531. The molecule has 0 saturated heterocycles. The van der Waals surface area contributed by atoms with Gasteiger partial charge in [-0.05, 0) is 38.3 Å². The quantitative estimate of drug-likeness (QED) is 0.659. The monoisotopic (exact) mass is 378 g/mol. The van der Waals surface area contributed by atoms with Gasteiger partial charge in [0.2, 0.25) is 5.89 Å². The Bertz CT molecular complexity index is 1020. The molecule has 0 saturated carbocycles. The minimum absolute atomic E-state index is 0.188. The molecule has 9 heteroatoms. The molecule has 3 aromatic rings. The van der Waals surface area contributed by atoms with E-state index in [2.05, 4.69) is 19.9 Å². The van der Waals surface area contributed by atoms with Gasteiger partial charge >= 0.3 is 0 Å². The molecule has 0 bridgehead atoms. The number of rotatable bonds is 5. The van der Waals surface area contributed by atoms with Crippen molar-refractivity contribution in [1.82, 2.24) is 15.2 Å². The number of aromatic nitrogens is 3. The van der Waals surface area contributed by atoms with E-state index in [9.17, 15) is 8.42 Å². The molecule has 2 aromatic heterocycles. The lowest BCUT2D eigenvalue weighted by Gasteiger charge is -2.09. The summed E-state index contributed by atoms with van der Waals surface area (Å²) in [6.45, 7) is 5.09. The molecule has 0 radical (unpaired) electrons. The fourth-order valence-electron chi connectivity index (χ4n) is 2.64. The van der Waals surface area contributed by atoms with E-state index in [4.69, 9.17) is 4.42 Å². The number of benzene rings is 1. The molecule has 7 nitrogen and oxygen atoms in total. The second kappa shape index (κ2) is 6.57. The molecular weight excluding hydrogens is 360 g/mol. The van der Waals surface area contributed by atoms with Gasteiger partial charge in [-0.25, -0.2) is 8.42 Å². The van der Waals surface area contributed by atoms with Gasteiger partial charge in [-0.15, -0.1) is 22.0 Å². The van der Waals surface area contributed by atoms with Crippen LogP contribution in [0.3, 0.4) is 0 Å². The van der Waals surface area contributed by atoms with Crippen molar-refractivity contribution in [3.05, 3.63) is 41.4 Å². The summed E-state index contributed by atoms with van der Waals surface area (Å²) in [7, 11) is -3.76. The lowest BCUT2D eigenvalue weighted by Crippen LogP contribution is -2.14. The third-order valence-corrected chi connectivity index (χ3v) is 6.08. The summed E-state index contributed by atoms with van der Waals surface area (Å²) in [5, 5.41) is 7.74. The van der Waals surface area contributed by atoms with E-state index in [0.717, 1.165) is 4.90 Å². The van der Waals surface area contributed by atoms with Crippen LogP contribution in [0.15, 0.2) is 38.5 Å². The third-order valence-electron chi connectivity index (χ3n) is 3.70. The Balaban J connectivity index is 2.01. The third kappa shape index (κ3) is 3.42. The molecule has 0 aliphatic rings. The number of anilines is 1. The molecule has 0 unspecified atom stereocenters. The molecule has 2 N–H and O–H groups in total. The maximum atomic E-state index is 12.9. The predicted octanol–water partition coefficient (Wildman–Crippen LogP) is 3.51. The van der Waals surface area contributed by atoms with Gasteiger partial charge in [-0.2, -0.15) is 0 Å². The normalized spacial score (nSPS) is 11.7. The molecule has 0 fully saturated rings. The largest absolute Gasteiger partial charge is 0.420 e. The predicted molar refractivity (Wildman–Crippen MR) is 97.3 cm³/mol. The van der Waals surface area contributed by atoms with Crippen molar-refractivity contribution in [3.8, 4) is 11.6 Å². The molecule has 2 heterocycles. The lowest BCUT2D eigenvalue weighted by atomic mass is 10.2. The Morgan fingerprint density at radius 2 is 1.96 bits per heavy atom. The van der Waals surface area contributed by atoms with Gasteiger partial charge in [0.15, 0.2) is 0 Å². The molecule has 0 aliphatic heterocycles. The van der Waals surface area contributed by atoms with E-state index in [-0.39, 0.29) is 10.8 Å². The molecule has 0 atom stereocenters. The first-order chi connectivity index (χ1) is 11.8. The summed E-state index contributed by atoms with van der Waals surface area (Å²) >= 11 is 1.55. The summed E-state index contributed by atoms with van der Waals surface area (Å²) < 4.78 is 33.8. The van der Waals surface area contributed by atoms with Crippen LogP contribution in [0.2, 0.25) is 0 Å². The minimum atomic E-state index is -3.76. The number of H-pyrrole nitrogens is 1. The number of hydrogen-bond acceptors (Lipinski definition) is 6. The number of aromatic amines is 1. The zero-order valence-corrected chi connectivity index (χ0v) is 15.9. The van der Waals surface area contributed by atoms with Gasteiger partial charge in [0.25, 0.3) is 15.9 Å². The van der Waals surface area contributed by atoms with Gasteiger partial charge in [0.05, 0.1) is 0 Å². The van der Waals surface area contributed by atoms with Crippen molar-refractivity contribution in [3.63, 3.8) is 0 Å². The highest BCUT2D eigenvalue weighted by Crippen LogP contribution is 2.31. The van der Waals surface area contributed by atoms with Gasteiger partial charge in [-0.1, -0.05) is 6.07 Å². The topological polar surface area (TPSA) is 101 Å². The molecule has 0 spiro atoms. The van der Waals surface area contributed by atoms with E-state index in [1.165, 1.54) is 0 Å². The average molecular weight is 378 g/mol. The van der Waals surface area contributed by atoms with Crippen molar-refractivity contribution in [2.75, 3.05) is 11.0 Å². The molecule has 0 amide bonds. The van der Waals surface area contributed by atoms with Crippen LogP contribution in [0.1, 0.15) is 17.1 Å². The van der Waals surface area contributed by atoms with Crippen LogP contribution in [0.25, 0.3) is 11.6 Å². The molecular formula is C16H18N4O3S2. The number of aryl methyl sites for hydroxylation is 2. The van der Waals surface area contributed by atoms with E-state index < -0.39 is 10.0 Å². The number of nitrogens with one attached hydrogen (secondary N) is 2. The van der Waals surface area contributed by atoms with E-state index >= 15 is 0 Å². The summed E-state index contributed by atoms with van der Waals surface area (Å²) in [4.78, 5) is 4.20. The zero-order valence-electron chi connectivity index (χ0n) is 14.2. The maximum absolute atomic E-state index is 12.9. The minimum Gasteiger partial charge on any atom is -0.420 e. The first-order valence-electron chi connectivity index (χ1n) is 7.48. The smallest absolute Gasteiger partial charge is 0.264 e. The van der Waals surface area contributed by atoms with Crippen LogP contribution in [0.4, 0.5) is 5.69 Å². The van der Waals surface area contributed by atoms with Gasteiger partial charge in [0, 0.05) is 28.8 Å².